The van der Waals surface area contributed by atoms with Crippen molar-refractivity contribution in [3.8, 4) is 11.8 Å². The highest BCUT2D eigenvalue weighted by Gasteiger charge is 2.05. The highest BCUT2D eigenvalue weighted by Crippen LogP contribution is 2.29. The van der Waals surface area contributed by atoms with E-state index in [0.717, 1.165) is 0 Å². The van der Waals surface area contributed by atoms with E-state index in [1.54, 1.807) is 18.2 Å². The first-order valence-electron chi connectivity index (χ1n) is 4.35. The van der Waals surface area contributed by atoms with Crippen LogP contribution in [0.4, 0.5) is 5.69 Å². The van der Waals surface area contributed by atoms with E-state index in [9.17, 15) is 0 Å². The maximum atomic E-state index is 5.92. The summed E-state index contributed by atoms with van der Waals surface area (Å²) in [5.41, 5.74) is 6.12. The molecule has 1 aromatic carbocycles. The number of anilines is 1. The first kappa shape index (κ1) is 11.0. The second kappa shape index (κ2) is 4.55. The topological polar surface area (TPSA) is 61.0 Å². The number of ether oxygens (including phenoxy) is 1. The summed E-state index contributed by atoms with van der Waals surface area (Å²) in [5.74, 6) is 0.443. The van der Waals surface area contributed by atoms with E-state index in [4.69, 9.17) is 33.7 Å². The third kappa shape index (κ3) is 2.53. The number of aromatic nitrogens is 2. The van der Waals surface area contributed by atoms with Crippen LogP contribution in [0.1, 0.15) is 0 Å². The summed E-state index contributed by atoms with van der Waals surface area (Å²) in [6.07, 6.45) is 2.88. The number of rotatable bonds is 2. The summed E-state index contributed by atoms with van der Waals surface area (Å²) in [7, 11) is 0. The van der Waals surface area contributed by atoms with Crippen molar-refractivity contribution in [2.24, 2.45) is 0 Å². The van der Waals surface area contributed by atoms with Crippen molar-refractivity contribution < 1.29 is 4.74 Å². The zero-order chi connectivity index (χ0) is 11.5. The molecule has 0 saturated carbocycles. The van der Waals surface area contributed by atoms with E-state index in [2.05, 4.69) is 9.97 Å². The predicted molar refractivity (Wildman–Crippen MR) is 63.0 cm³/mol. The van der Waals surface area contributed by atoms with Crippen LogP contribution in [-0.2, 0) is 0 Å². The highest BCUT2D eigenvalue weighted by atomic mass is 35.5. The Kier molecular flexibility index (Phi) is 3.12. The Morgan fingerprint density at radius 3 is 2.44 bits per heavy atom. The van der Waals surface area contributed by atoms with Crippen molar-refractivity contribution in [3.63, 3.8) is 0 Å². The Morgan fingerprint density at radius 1 is 1.12 bits per heavy atom. The van der Waals surface area contributed by atoms with Gasteiger partial charge in [0.2, 0.25) is 0 Å². The fourth-order valence-corrected chi connectivity index (χ4v) is 1.38. The molecule has 0 amide bonds. The molecule has 0 atom stereocenters. The fourth-order valence-electron chi connectivity index (χ4n) is 1.05. The Hall–Kier alpha value is -1.52. The van der Waals surface area contributed by atoms with Gasteiger partial charge in [-0.1, -0.05) is 23.2 Å². The van der Waals surface area contributed by atoms with Gasteiger partial charge in [-0.25, -0.2) is 9.97 Å². The third-order valence-corrected chi connectivity index (χ3v) is 2.24. The molecule has 0 bridgehead atoms. The smallest absolute Gasteiger partial charge is 0.322 e. The zero-order valence-electron chi connectivity index (χ0n) is 8.02. The number of nitrogen functional groups attached to an aromatic ring is 1. The molecular weight excluding hydrogens is 249 g/mol. The number of hydrogen-bond donors (Lipinski definition) is 1. The number of hydrogen-bond acceptors (Lipinski definition) is 4. The second-order valence-corrected chi connectivity index (χ2v) is 3.82. The molecule has 0 fully saturated rings. The molecule has 2 N–H and O–H groups in total. The second-order valence-electron chi connectivity index (χ2n) is 2.98. The number of halogens is 2. The number of nitrogens with two attached hydrogens (primary N) is 1. The van der Waals surface area contributed by atoms with Gasteiger partial charge < -0.3 is 10.5 Å². The van der Waals surface area contributed by atoms with Gasteiger partial charge in [0.1, 0.15) is 5.75 Å². The average molecular weight is 256 g/mol. The summed E-state index contributed by atoms with van der Waals surface area (Å²) in [6.45, 7) is 0. The zero-order valence-corrected chi connectivity index (χ0v) is 9.53. The number of benzene rings is 1. The van der Waals surface area contributed by atoms with Crippen LogP contribution in [0, 0.1) is 0 Å². The molecule has 1 heterocycles. The molecule has 6 heteroatoms. The molecule has 0 saturated heterocycles. The molecule has 4 nitrogen and oxygen atoms in total. The fraction of sp³-hybridized carbons (Fsp3) is 0. The van der Waals surface area contributed by atoms with Gasteiger partial charge in [0, 0.05) is 5.69 Å². The molecule has 0 spiro atoms. The Bertz CT molecular complexity index is 502. The quantitative estimate of drug-likeness (QED) is 0.838. The molecule has 1 aromatic heterocycles. The lowest BCUT2D eigenvalue weighted by Crippen LogP contribution is -1.92. The highest BCUT2D eigenvalue weighted by molar-refractivity contribution is 6.32. The van der Waals surface area contributed by atoms with Crippen LogP contribution in [0.5, 0.6) is 11.8 Å². The summed E-state index contributed by atoms with van der Waals surface area (Å²) in [4.78, 5) is 7.76. The van der Waals surface area contributed by atoms with Crippen LogP contribution in [-0.4, -0.2) is 9.97 Å². The van der Waals surface area contributed by atoms with Crippen LogP contribution in [0.3, 0.4) is 0 Å². The molecule has 0 radical (unpaired) electrons. The van der Waals surface area contributed by atoms with Gasteiger partial charge in [0.05, 0.1) is 22.4 Å². The van der Waals surface area contributed by atoms with E-state index in [-0.39, 0.29) is 6.01 Å². The minimum Gasteiger partial charge on any atom is -0.423 e. The van der Waals surface area contributed by atoms with E-state index < -0.39 is 0 Å². The van der Waals surface area contributed by atoms with E-state index in [0.29, 0.717) is 21.5 Å². The first-order valence-corrected chi connectivity index (χ1v) is 5.11. The maximum absolute atomic E-state index is 5.92. The van der Waals surface area contributed by atoms with E-state index in [1.807, 2.05) is 0 Å². The van der Waals surface area contributed by atoms with Crippen LogP contribution in [0.2, 0.25) is 10.0 Å². The van der Waals surface area contributed by atoms with Crippen LogP contribution < -0.4 is 10.5 Å². The molecular formula is C10H7Cl2N3O. The van der Waals surface area contributed by atoms with E-state index >= 15 is 0 Å². The largest absolute Gasteiger partial charge is 0.423 e. The van der Waals surface area contributed by atoms with Crippen LogP contribution >= 0.6 is 23.2 Å². The molecule has 0 aliphatic heterocycles. The number of nitrogens with zero attached hydrogens (tertiary/aromatic N) is 2. The lowest BCUT2D eigenvalue weighted by molar-refractivity contribution is 0.442. The van der Waals surface area contributed by atoms with Crippen molar-refractivity contribution >= 4 is 28.9 Å². The van der Waals surface area contributed by atoms with Gasteiger partial charge in [-0.15, -0.1) is 0 Å². The molecule has 16 heavy (non-hydrogen) atoms. The van der Waals surface area contributed by atoms with Crippen molar-refractivity contribution in [3.05, 3.63) is 40.6 Å². The summed E-state index contributed by atoms with van der Waals surface area (Å²) >= 11 is 11.6. The van der Waals surface area contributed by atoms with Crippen molar-refractivity contribution in [1.82, 2.24) is 9.97 Å². The van der Waals surface area contributed by atoms with Crippen molar-refractivity contribution in [1.29, 1.82) is 0 Å². The van der Waals surface area contributed by atoms with Crippen molar-refractivity contribution in [2.45, 2.75) is 0 Å². The van der Waals surface area contributed by atoms with Gasteiger partial charge >= 0.3 is 6.01 Å². The lowest BCUT2D eigenvalue weighted by atomic mass is 10.3. The predicted octanol–water partition coefficient (Wildman–Crippen LogP) is 3.16. The minimum atomic E-state index is 0.177. The van der Waals surface area contributed by atoms with Gasteiger partial charge in [-0.05, 0) is 18.2 Å². The minimum absolute atomic E-state index is 0.177. The Morgan fingerprint density at radius 2 is 1.81 bits per heavy atom. The molecule has 2 rings (SSSR count). The maximum Gasteiger partial charge on any atom is 0.322 e. The molecule has 82 valence electrons. The van der Waals surface area contributed by atoms with Gasteiger partial charge in [0.25, 0.3) is 0 Å². The third-order valence-electron chi connectivity index (χ3n) is 1.75. The normalized spacial score (nSPS) is 10.1. The average Bonchev–Trinajstić information content (AvgIpc) is 2.25. The lowest BCUT2D eigenvalue weighted by Gasteiger charge is -2.05. The van der Waals surface area contributed by atoms with Gasteiger partial charge in [-0.2, -0.15) is 0 Å². The van der Waals surface area contributed by atoms with Crippen LogP contribution in [0.15, 0.2) is 30.6 Å². The Labute approximate surface area is 102 Å². The molecule has 0 aliphatic rings. The van der Waals surface area contributed by atoms with Gasteiger partial charge in [0.15, 0.2) is 0 Å². The molecule has 2 aromatic rings. The summed E-state index contributed by atoms with van der Waals surface area (Å²) in [5, 5.41) is 0.842. The van der Waals surface area contributed by atoms with E-state index in [1.165, 1.54) is 12.4 Å². The molecule has 0 aliphatic carbocycles. The summed E-state index contributed by atoms with van der Waals surface area (Å²) in [6, 6.07) is 5.09. The monoisotopic (exact) mass is 255 g/mol. The van der Waals surface area contributed by atoms with Crippen LogP contribution in [0.25, 0.3) is 0 Å². The first-order chi connectivity index (χ1) is 7.65. The SMILES string of the molecule is Nc1ccc(Oc2ncc(Cl)cn2)c(Cl)c1. The van der Waals surface area contributed by atoms with Gasteiger partial charge in [-0.3, -0.25) is 0 Å². The summed E-state index contributed by atoms with van der Waals surface area (Å²) < 4.78 is 5.35. The van der Waals surface area contributed by atoms with Crippen molar-refractivity contribution in [2.75, 3.05) is 5.73 Å². The standard InChI is InChI=1S/C10H7Cl2N3O/c11-6-4-14-10(15-5-6)16-9-2-1-7(13)3-8(9)12/h1-5H,13H2. The molecule has 0 unspecified atom stereocenters. The Balaban J connectivity index is 2.23.